The minimum atomic E-state index is -4.25. The lowest BCUT2D eigenvalue weighted by Crippen LogP contribution is -2.10. The summed E-state index contributed by atoms with van der Waals surface area (Å²) in [6.07, 6.45) is 0.914. The first-order valence-electron chi connectivity index (χ1n) is 3.59. The molecule has 0 unspecified atom stereocenters. The summed E-state index contributed by atoms with van der Waals surface area (Å²) in [6, 6.07) is 3.17. The van der Waals surface area contributed by atoms with Crippen molar-refractivity contribution in [3.05, 3.63) is 24.0 Å². The average Bonchev–Trinajstić information content (AvgIpc) is 2.30. The van der Waals surface area contributed by atoms with E-state index in [4.69, 9.17) is 9.79 Å². The van der Waals surface area contributed by atoms with Gasteiger partial charge < -0.3 is 14.4 Å². The Labute approximate surface area is 75.2 Å². The summed E-state index contributed by atoms with van der Waals surface area (Å²) in [5.41, 5.74) is 0.309. The molecular formula is C7H10NO4P. The molecule has 0 saturated carbocycles. The number of nitrogens with zero attached hydrogens (tertiary/aromatic N) is 1. The number of ketones is 1. The van der Waals surface area contributed by atoms with Crippen LogP contribution in [0.2, 0.25) is 0 Å². The van der Waals surface area contributed by atoms with Crippen molar-refractivity contribution in [2.75, 3.05) is 6.16 Å². The molecule has 0 aliphatic rings. The molecule has 0 radical (unpaired) electrons. The molecule has 0 saturated heterocycles. The summed E-state index contributed by atoms with van der Waals surface area (Å²) < 4.78 is 12.0. The van der Waals surface area contributed by atoms with Gasteiger partial charge in [0.15, 0.2) is 5.78 Å². The van der Waals surface area contributed by atoms with E-state index in [1.54, 1.807) is 19.3 Å². The van der Waals surface area contributed by atoms with Crippen LogP contribution in [0.5, 0.6) is 0 Å². The van der Waals surface area contributed by atoms with Gasteiger partial charge in [-0.1, -0.05) is 0 Å². The molecular weight excluding hydrogens is 193 g/mol. The molecule has 0 aliphatic carbocycles. The molecule has 6 heteroatoms. The molecule has 1 aromatic rings. The molecule has 0 aliphatic heterocycles. The van der Waals surface area contributed by atoms with Gasteiger partial charge in [0.1, 0.15) is 6.16 Å². The fourth-order valence-corrected chi connectivity index (χ4v) is 1.56. The molecule has 1 heterocycles. The maximum absolute atomic E-state index is 11.2. The predicted molar refractivity (Wildman–Crippen MR) is 46.7 cm³/mol. The predicted octanol–water partition coefficient (Wildman–Crippen LogP) is 0.386. The van der Waals surface area contributed by atoms with Crippen LogP contribution in [0.15, 0.2) is 18.3 Å². The Balaban J connectivity index is 2.82. The first-order valence-corrected chi connectivity index (χ1v) is 5.39. The van der Waals surface area contributed by atoms with Crippen LogP contribution in [0.1, 0.15) is 10.5 Å². The van der Waals surface area contributed by atoms with E-state index in [9.17, 15) is 9.36 Å². The summed E-state index contributed by atoms with van der Waals surface area (Å²) in [7, 11) is -2.60. The summed E-state index contributed by atoms with van der Waals surface area (Å²) in [5, 5.41) is 0. The standard InChI is InChI=1S/C7H10NO4P/c1-8-4-2-3-6(8)7(9)5-13(10,11)12/h2-4H,5H2,1H3,(H2,10,11,12). The van der Waals surface area contributed by atoms with Crippen LogP contribution in [-0.2, 0) is 11.6 Å². The quantitative estimate of drug-likeness (QED) is 0.550. The normalized spacial score (nSPS) is 11.6. The topological polar surface area (TPSA) is 79.5 Å². The molecule has 72 valence electrons. The van der Waals surface area contributed by atoms with Crippen molar-refractivity contribution >= 4 is 13.4 Å². The van der Waals surface area contributed by atoms with Gasteiger partial charge in [0, 0.05) is 13.2 Å². The van der Waals surface area contributed by atoms with Crippen LogP contribution in [0.3, 0.4) is 0 Å². The van der Waals surface area contributed by atoms with E-state index in [1.807, 2.05) is 0 Å². The van der Waals surface area contributed by atoms with E-state index >= 15 is 0 Å². The second-order valence-corrected chi connectivity index (χ2v) is 4.40. The maximum Gasteiger partial charge on any atom is 0.333 e. The van der Waals surface area contributed by atoms with Gasteiger partial charge in [0.25, 0.3) is 0 Å². The Kier molecular flexibility index (Phi) is 2.71. The minimum absolute atomic E-state index is 0.309. The lowest BCUT2D eigenvalue weighted by atomic mass is 10.3. The van der Waals surface area contributed by atoms with Gasteiger partial charge in [0.05, 0.1) is 5.69 Å². The van der Waals surface area contributed by atoms with Gasteiger partial charge in [-0.15, -0.1) is 0 Å². The number of aromatic nitrogens is 1. The lowest BCUT2D eigenvalue weighted by molar-refractivity contribution is 0.100. The molecule has 0 aromatic carbocycles. The largest absolute Gasteiger partial charge is 0.348 e. The van der Waals surface area contributed by atoms with E-state index < -0.39 is 19.5 Å². The van der Waals surface area contributed by atoms with Gasteiger partial charge >= 0.3 is 7.60 Å². The van der Waals surface area contributed by atoms with Crippen molar-refractivity contribution < 1.29 is 19.1 Å². The lowest BCUT2D eigenvalue weighted by Gasteiger charge is -2.03. The highest BCUT2D eigenvalue weighted by molar-refractivity contribution is 7.52. The fourth-order valence-electron chi connectivity index (χ4n) is 1.02. The molecule has 5 nitrogen and oxygen atoms in total. The summed E-state index contributed by atoms with van der Waals surface area (Å²) >= 11 is 0. The van der Waals surface area contributed by atoms with Crippen molar-refractivity contribution in [3.8, 4) is 0 Å². The number of Topliss-reactive ketones (excluding diaryl/α,β-unsaturated/α-hetero) is 1. The SMILES string of the molecule is Cn1cccc1C(=O)CP(=O)(O)O. The van der Waals surface area contributed by atoms with Crippen molar-refractivity contribution in [1.82, 2.24) is 4.57 Å². The van der Waals surface area contributed by atoms with E-state index in [0.29, 0.717) is 5.69 Å². The van der Waals surface area contributed by atoms with Gasteiger partial charge in [0.2, 0.25) is 0 Å². The monoisotopic (exact) mass is 203 g/mol. The Bertz CT molecular complexity index is 364. The zero-order valence-corrected chi connectivity index (χ0v) is 7.94. The third-order valence-electron chi connectivity index (χ3n) is 1.58. The van der Waals surface area contributed by atoms with Gasteiger partial charge in [-0.25, -0.2) is 0 Å². The number of aryl methyl sites for hydroxylation is 1. The van der Waals surface area contributed by atoms with E-state index in [1.165, 1.54) is 10.6 Å². The minimum Gasteiger partial charge on any atom is -0.348 e. The van der Waals surface area contributed by atoms with Crippen LogP contribution >= 0.6 is 7.60 Å². The molecule has 0 bridgehead atoms. The number of hydrogen-bond acceptors (Lipinski definition) is 2. The van der Waals surface area contributed by atoms with E-state index in [0.717, 1.165) is 0 Å². The summed E-state index contributed by atoms with van der Waals surface area (Å²) in [6.45, 7) is 0. The van der Waals surface area contributed by atoms with Crippen LogP contribution in [0.4, 0.5) is 0 Å². The third kappa shape index (κ3) is 2.81. The van der Waals surface area contributed by atoms with Crippen LogP contribution < -0.4 is 0 Å². The Morgan fingerprint density at radius 1 is 1.62 bits per heavy atom. The van der Waals surface area contributed by atoms with Gasteiger partial charge in [-0.3, -0.25) is 9.36 Å². The third-order valence-corrected chi connectivity index (χ3v) is 2.28. The second-order valence-electron chi connectivity index (χ2n) is 2.75. The van der Waals surface area contributed by atoms with Gasteiger partial charge in [-0.2, -0.15) is 0 Å². The number of rotatable bonds is 3. The Morgan fingerprint density at radius 2 is 2.23 bits per heavy atom. The fraction of sp³-hybridized carbons (Fsp3) is 0.286. The smallest absolute Gasteiger partial charge is 0.333 e. The molecule has 0 amide bonds. The number of carbonyl (C=O) groups excluding carboxylic acids is 1. The Hall–Kier alpha value is -0.900. The average molecular weight is 203 g/mol. The molecule has 0 spiro atoms. The van der Waals surface area contributed by atoms with Crippen molar-refractivity contribution in [1.29, 1.82) is 0 Å². The Morgan fingerprint density at radius 3 is 2.62 bits per heavy atom. The van der Waals surface area contributed by atoms with Crippen molar-refractivity contribution in [3.63, 3.8) is 0 Å². The molecule has 13 heavy (non-hydrogen) atoms. The highest BCUT2D eigenvalue weighted by Gasteiger charge is 2.21. The maximum atomic E-state index is 11.2. The zero-order chi connectivity index (χ0) is 10.1. The summed E-state index contributed by atoms with van der Waals surface area (Å²) in [4.78, 5) is 28.3. The van der Waals surface area contributed by atoms with E-state index in [-0.39, 0.29) is 0 Å². The van der Waals surface area contributed by atoms with Crippen molar-refractivity contribution in [2.24, 2.45) is 7.05 Å². The molecule has 2 N–H and O–H groups in total. The molecule has 1 aromatic heterocycles. The molecule has 1 rings (SSSR count). The van der Waals surface area contributed by atoms with E-state index in [2.05, 4.69) is 0 Å². The van der Waals surface area contributed by atoms with Crippen molar-refractivity contribution in [2.45, 2.75) is 0 Å². The molecule has 0 fully saturated rings. The highest BCUT2D eigenvalue weighted by Crippen LogP contribution is 2.34. The molecule has 0 atom stereocenters. The number of carbonyl (C=O) groups is 1. The van der Waals surface area contributed by atoms with Gasteiger partial charge in [-0.05, 0) is 12.1 Å². The highest BCUT2D eigenvalue weighted by atomic mass is 31.2. The number of hydrogen-bond donors (Lipinski definition) is 2. The zero-order valence-electron chi connectivity index (χ0n) is 7.04. The van der Waals surface area contributed by atoms with Crippen LogP contribution in [0, 0.1) is 0 Å². The van der Waals surface area contributed by atoms with Crippen LogP contribution in [-0.4, -0.2) is 26.3 Å². The van der Waals surface area contributed by atoms with Crippen LogP contribution in [0.25, 0.3) is 0 Å². The second kappa shape index (κ2) is 3.46. The summed E-state index contributed by atoms with van der Waals surface area (Å²) in [5.74, 6) is -0.541. The first kappa shape index (κ1) is 10.2. The first-order chi connectivity index (χ1) is 5.90.